The van der Waals surface area contributed by atoms with Gasteiger partial charge in [0.25, 0.3) is 0 Å². The summed E-state index contributed by atoms with van der Waals surface area (Å²) in [5.41, 5.74) is 1.94. The van der Waals surface area contributed by atoms with Gasteiger partial charge in [-0.15, -0.1) is 13.2 Å². The van der Waals surface area contributed by atoms with E-state index in [1.54, 1.807) is 48.8 Å². The summed E-state index contributed by atoms with van der Waals surface area (Å²) in [5, 5.41) is 2.76. The van der Waals surface area contributed by atoms with Crippen LogP contribution in [0, 0.1) is 0 Å². The highest BCUT2D eigenvalue weighted by atomic mass is 19.4. The van der Waals surface area contributed by atoms with Gasteiger partial charge in [0.05, 0.1) is 18.6 Å². The topological polar surface area (TPSA) is 66.9 Å². The van der Waals surface area contributed by atoms with E-state index in [0.717, 1.165) is 11.3 Å². The quantitative estimate of drug-likeness (QED) is 0.486. The summed E-state index contributed by atoms with van der Waals surface area (Å²) in [7, 11) is 0. The van der Waals surface area contributed by atoms with Crippen molar-refractivity contribution in [3.8, 4) is 11.5 Å². The molecule has 1 fully saturated rings. The molecule has 7 nitrogen and oxygen atoms in total. The van der Waals surface area contributed by atoms with Gasteiger partial charge in [-0.05, 0) is 61.9 Å². The van der Waals surface area contributed by atoms with Gasteiger partial charge in [0, 0.05) is 30.5 Å². The zero-order chi connectivity index (χ0) is 25.1. The largest absolute Gasteiger partial charge is 0.573 e. The number of pyridine rings is 1. The van der Waals surface area contributed by atoms with Crippen LogP contribution >= 0.6 is 0 Å². The lowest BCUT2D eigenvalue weighted by Crippen LogP contribution is -2.39. The third-order valence-electron chi connectivity index (χ3n) is 5.67. The third kappa shape index (κ3) is 6.42. The molecule has 0 atom stereocenters. The van der Waals surface area contributed by atoms with Crippen molar-refractivity contribution in [2.24, 2.45) is 0 Å². The molecular formula is C25H25F3N4O3. The SMILES string of the molecule is CC1(C)CN(c2ccc(OC(F)(F)F)cc2)CN1Cc1ccncc1NC(=O)Oc1ccccc1. The Morgan fingerprint density at radius 3 is 2.46 bits per heavy atom. The molecule has 0 bridgehead atoms. The average molecular weight is 486 g/mol. The highest BCUT2D eigenvalue weighted by Gasteiger charge is 2.37. The Hall–Kier alpha value is -3.79. The van der Waals surface area contributed by atoms with Crippen molar-refractivity contribution in [3.63, 3.8) is 0 Å². The summed E-state index contributed by atoms with van der Waals surface area (Å²) < 4.78 is 46.6. The van der Waals surface area contributed by atoms with Crippen molar-refractivity contribution in [1.82, 2.24) is 9.88 Å². The van der Waals surface area contributed by atoms with Crippen LogP contribution in [0.2, 0.25) is 0 Å². The van der Waals surface area contributed by atoms with Gasteiger partial charge in [0.15, 0.2) is 0 Å². The second-order valence-electron chi connectivity index (χ2n) is 8.75. The molecular weight excluding hydrogens is 461 g/mol. The molecule has 0 radical (unpaired) electrons. The van der Waals surface area contributed by atoms with Gasteiger partial charge >= 0.3 is 12.5 Å². The van der Waals surface area contributed by atoms with E-state index >= 15 is 0 Å². The van der Waals surface area contributed by atoms with E-state index in [2.05, 4.69) is 38.7 Å². The predicted molar refractivity (Wildman–Crippen MR) is 125 cm³/mol. The average Bonchev–Trinajstić information content (AvgIpc) is 3.09. The number of hydrogen-bond donors (Lipinski definition) is 1. The minimum Gasteiger partial charge on any atom is -0.410 e. The number of nitrogens with zero attached hydrogens (tertiary/aromatic N) is 3. The second kappa shape index (κ2) is 9.83. The lowest BCUT2D eigenvalue weighted by Gasteiger charge is -2.30. The molecule has 1 aliphatic rings. The van der Waals surface area contributed by atoms with E-state index in [1.165, 1.54) is 12.1 Å². The number of carbonyl (C=O) groups is 1. The van der Waals surface area contributed by atoms with Crippen molar-refractivity contribution in [1.29, 1.82) is 0 Å². The van der Waals surface area contributed by atoms with Crippen molar-refractivity contribution >= 4 is 17.5 Å². The molecule has 0 saturated carbocycles. The van der Waals surface area contributed by atoms with Gasteiger partial charge in [-0.2, -0.15) is 0 Å². The second-order valence-corrected chi connectivity index (χ2v) is 8.75. The van der Waals surface area contributed by atoms with E-state index in [4.69, 9.17) is 4.74 Å². The standard InChI is InChI=1S/C25H25F3N4O3/c1-24(2)16-31(19-8-10-21(11-9-19)35-25(26,27)28)17-32(24)15-18-12-13-29-14-22(18)30-23(33)34-20-6-4-3-5-7-20/h3-14H,15-17H2,1-2H3,(H,30,33). The van der Waals surface area contributed by atoms with E-state index in [0.29, 0.717) is 31.2 Å². The van der Waals surface area contributed by atoms with Gasteiger partial charge in [-0.3, -0.25) is 15.2 Å². The fourth-order valence-electron chi connectivity index (χ4n) is 3.92. The normalized spacial score (nSPS) is 15.6. The van der Waals surface area contributed by atoms with Crippen LogP contribution in [0.1, 0.15) is 19.4 Å². The fourth-order valence-corrected chi connectivity index (χ4v) is 3.92. The Labute approximate surface area is 201 Å². The molecule has 1 saturated heterocycles. The summed E-state index contributed by atoms with van der Waals surface area (Å²) in [6.07, 6.45) is -2.11. The summed E-state index contributed by atoms with van der Waals surface area (Å²) >= 11 is 0. The number of halogens is 3. The summed E-state index contributed by atoms with van der Waals surface area (Å²) in [6, 6.07) is 16.4. The molecule has 3 aromatic rings. The highest BCUT2D eigenvalue weighted by Crippen LogP contribution is 2.33. The van der Waals surface area contributed by atoms with Crippen LogP contribution < -0.4 is 19.7 Å². The number of nitrogens with one attached hydrogen (secondary N) is 1. The van der Waals surface area contributed by atoms with Crippen molar-refractivity contribution in [2.75, 3.05) is 23.4 Å². The number of amides is 1. The Morgan fingerprint density at radius 2 is 1.77 bits per heavy atom. The van der Waals surface area contributed by atoms with Crippen LogP contribution in [0.3, 0.4) is 0 Å². The highest BCUT2D eigenvalue weighted by molar-refractivity contribution is 5.87. The number of para-hydroxylation sites is 1. The Balaban J connectivity index is 1.43. The first-order valence-corrected chi connectivity index (χ1v) is 10.9. The Kier molecular flexibility index (Phi) is 6.83. The smallest absolute Gasteiger partial charge is 0.410 e. The maximum atomic E-state index is 12.4. The number of carbonyl (C=O) groups excluding carboxylic acids is 1. The molecule has 2 aromatic carbocycles. The molecule has 184 valence electrons. The predicted octanol–water partition coefficient (Wildman–Crippen LogP) is 5.65. The maximum Gasteiger partial charge on any atom is 0.573 e. The van der Waals surface area contributed by atoms with Crippen LogP contribution in [-0.2, 0) is 6.54 Å². The molecule has 1 aliphatic heterocycles. The van der Waals surface area contributed by atoms with Gasteiger partial charge in [-0.1, -0.05) is 18.2 Å². The lowest BCUT2D eigenvalue weighted by molar-refractivity contribution is -0.274. The number of alkyl halides is 3. The molecule has 35 heavy (non-hydrogen) atoms. The summed E-state index contributed by atoms with van der Waals surface area (Å²) in [5.74, 6) is 0.171. The monoisotopic (exact) mass is 486 g/mol. The van der Waals surface area contributed by atoms with Gasteiger partial charge in [0.2, 0.25) is 0 Å². The van der Waals surface area contributed by atoms with Crippen molar-refractivity contribution < 1.29 is 27.4 Å². The molecule has 2 heterocycles. The van der Waals surface area contributed by atoms with Gasteiger partial charge in [-0.25, -0.2) is 4.79 Å². The van der Waals surface area contributed by atoms with Crippen LogP contribution in [0.4, 0.5) is 29.3 Å². The third-order valence-corrected chi connectivity index (χ3v) is 5.67. The minimum atomic E-state index is -4.72. The van der Waals surface area contributed by atoms with E-state index in [9.17, 15) is 18.0 Å². The van der Waals surface area contributed by atoms with Gasteiger partial charge < -0.3 is 14.4 Å². The molecule has 1 aromatic heterocycles. The molecule has 0 unspecified atom stereocenters. The fraction of sp³-hybridized carbons (Fsp3) is 0.280. The summed E-state index contributed by atoms with van der Waals surface area (Å²) in [4.78, 5) is 20.8. The lowest BCUT2D eigenvalue weighted by atomic mass is 10.0. The van der Waals surface area contributed by atoms with Crippen molar-refractivity contribution in [3.05, 3.63) is 78.6 Å². The first kappa shape index (κ1) is 24.3. The molecule has 0 spiro atoms. The first-order valence-electron chi connectivity index (χ1n) is 10.9. The number of ether oxygens (including phenoxy) is 2. The van der Waals surface area contributed by atoms with Crippen LogP contribution in [0.15, 0.2) is 73.1 Å². The van der Waals surface area contributed by atoms with E-state index in [1.807, 2.05) is 12.1 Å². The number of rotatable bonds is 6. The number of hydrogen-bond acceptors (Lipinski definition) is 6. The number of benzene rings is 2. The Bertz CT molecular complexity index is 1150. The zero-order valence-electron chi connectivity index (χ0n) is 19.2. The number of aromatic nitrogens is 1. The summed E-state index contributed by atoms with van der Waals surface area (Å²) in [6.45, 7) is 5.90. The molecule has 1 N–H and O–H groups in total. The minimum absolute atomic E-state index is 0.244. The molecule has 4 rings (SSSR count). The van der Waals surface area contributed by atoms with Crippen LogP contribution in [-0.4, -0.2) is 41.1 Å². The first-order chi connectivity index (χ1) is 16.6. The molecule has 0 aliphatic carbocycles. The van der Waals surface area contributed by atoms with E-state index in [-0.39, 0.29) is 11.3 Å². The Morgan fingerprint density at radius 1 is 1.06 bits per heavy atom. The zero-order valence-corrected chi connectivity index (χ0v) is 19.2. The van der Waals surface area contributed by atoms with Crippen LogP contribution in [0.25, 0.3) is 0 Å². The van der Waals surface area contributed by atoms with Gasteiger partial charge in [0.1, 0.15) is 11.5 Å². The number of anilines is 2. The molecule has 10 heteroatoms. The van der Waals surface area contributed by atoms with Crippen LogP contribution in [0.5, 0.6) is 11.5 Å². The van der Waals surface area contributed by atoms with E-state index < -0.39 is 12.5 Å². The van der Waals surface area contributed by atoms with Crippen molar-refractivity contribution in [2.45, 2.75) is 32.3 Å². The maximum absolute atomic E-state index is 12.4. The molecule has 1 amide bonds.